The zero-order chi connectivity index (χ0) is 20.2. The van der Waals surface area contributed by atoms with Crippen LogP contribution in [0.3, 0.4) is 0 Å². The minimum atomic E-state index is -0.180. The SMILES string of the molecule is Cc1ccc(-n2c(SCC(=O)Nc3ccccc3C#N)nc3ccccc32)cc1. The lowest BCUT2D eigenvalue weighted by Crippen LogP contribution is -2.15. The molecule has 4 aromatic rings. The molecule has 3 aromatic carbocycles. The first-order chi connectivity index (χ1) is 14.2. The summed E-state index contributed by atoms with van der Waals surface area (Å²) in [7, 11) is 0. The topological polar surface area (TPSA) is 70.7 Å². The number of nitrogens with zero attached hydrogens (tertiary/aromatic N) is 3. The number of amides is 1. The van der Waals surface area contributed by atoms with Crippen LogP contribution in [0.15, 0.2) is 78.0 Å². The average Bonchev–Trinajstić information content (AvgIpc) is 3.12. The molecule has 0 aliphatic carbocycles. The van der Waals surface area contributed by atoms with Gasteiger partial charge in [0.15, 0.2) is 5.16 Å². The Morgan fingerprint density at radius 2 is 1.79 bits per heavy atom. The molecule has 0 unspecified atom stereocenters. The fourth-order valence-electron chi connectivity index (χ4n) is 3.05. The van der Waals surface area contributed by atoms with E-state index in [2.05, 4.69) is 47.1 Å². The van der Waals surface area contributed by atoms with E-state index >= 15 is 0 Å². The molecule has 6 heteroatoms. The summed E-state index contributed by atoms with van der Waals surface area (Å²) >= 11 is 1.37. The molecular formula is C23H18N4OS. The van der Waals surface area contributed by atoms with Crippen LogP contribution in [0.4, 0.5) is 5.69 Å². The Labute approximate surface area is 173 Å². The standard InChI is InChI=1S/C23H18N4OS/c1-16-10-12-18(13-11-16)27-21-9-5-4-8-20(21)26-23(27)29-15-22(28)25-19-7-3-2-6-17(19)14-24/h2-13H,15H2,1H3,(H,25,28). The lowest BCUT2D eigenvalue weighted by molar-refractivity contribution is -0.113. The van der Waals surface area contributed by atoms with Crippen molar-refractivity contribution in [3.05, 3.63) is 83.9 Å². The van der Waals surface area contributed by atoms with Gasteiger partial charge in [0.2, 0.25) is 5.91 Å². The van der Waals surface area contributed by atoms with Crippen LogP contribution >= 0.6 is 11.8 Å². The monoisotopic (exact) mass is 398 g/mol. The number of anilines is 1. The van der Waals surface area contributed by atoms with Crippen LogP contribution in [0.25, 0.3) is 16.7 Å². The fraction of sp³-hybridized carbons (Fsp3) is 0.0870. The molecule has 1 amide bonds. The van der Waals surface area contributed by atoms with Gasteiger partial charge in [0, 0.05) is 5.69 Å². The zero-order valence-corrected chi connectivity index (χ0v) is 16.6. The third-order valence-electron chi connectivity index (χ3n) is 4.48. The van der Waals surface area contributed by atoms with Gasteiger partial charge in [0.1, 0.15) is 6.07 Å². The summed E-state index contributed by atoms with van der Waals surface area (Å²) in [4.78, 5) is 17.2. The number of imidazole rings is 1. The van der Waals surface area contributed by atoms with Crippen LogP contribution in [-0.4, -0.2) is 21.2 Å². The van der Waals surface area contributed by atoms with E-state index in [1.807, 2.05) is 24.3 Å². The van der Waals surface area contributed by atoms with E-state index in [1.165, 1.54) is 17.3 Å². The van der Waals surface area contributed by atoms with Gasteiger partial charge in [0.05, 0.1) is 28.0 Å². The highest BCUT2D eigenvalue weighted by Gasteiger charge is 2.15. The van der Waals surface area contributed by atoms with Crippen molar-refractivity contribution in [2.45, 2.75) is 12.1 Å². The minimum absolute atomic E-state index is 0.180. The Morgan fingerprint density at radius 1 is 1.07 bits per heavy atom. The number of aromatic nitrogens is 2. The molecule has 0 aliphatic rings. The lowest BCUT2D eigenvalue weighted by atomic mass is 10.2. The summed E-state index contributed by atoms with van der Waals surface area (Å²) in [5.41, 5.74) is 5.02. The smallest absolute Gasteiger partial charge is 0.234 e. The third-order valence-corrected chi connectivity index (χ3v) is 5.41. The molecule has 29 heavy (non-hydrogen) atoms. The quantitative estimate of drug-likeness (QED) is 0.484. The van der Waals surface area contributed by atoms with Crippen molar-refractivity contribution >= 4 is 34.4 Å². The summed E-state index contributed by atoms with van der Waals surface area (Å²) in [6.45, 7) is 2.05. The average molecular weight is 398 g/mol. The highest BCUT2D eigenvalue weighted by molar-refractivity contribution is 7.99. The van der Waals surface area contributed by atoms with Gasteiger partial charge >= 0.3 is 0 Å². The van der Waals surface area contributed by atoms with E-state index in [1.54, 1.807) is 24.3 Å². The van der Waals surface area contributed by atoms with Gasteiger partial charge in [-0.05, 0) is 43.3 Å². The largest absolute Gasteiger partial charge is 0.324 e. The number of hydrogen-bond acceptors (Lipinski definition) is 4. The van der Waals surface area contributed by atoms with Gasteiger partial charge < -0.3 is 5.32 Å². The summed E-state index contributed by atoms with van der Waals surface area (Å²) in [6.07, 6.45) is 0. The summed E-state index contributed by atoms with van der Waals surface area (Å²) in [5.74, 6) is 0.00907. The number of carbonyl (C=O) groups excluding carboxylic acids is 1. The Morgan fingerprint density at radius 3 is 2.59 bits per heavy atom. The van der Waals surface area contributed by atoms with Crippen molar-refractivity contribution in [1.29, 1.82) is 5.26 Å². The Hall–Kier alpha value is -3.56. The van der Waals surface area contributed by atoms with Gasteiger partial charge in [-0.25, -0.2) is 4.98 Å². The first-order valence-corrected chi connectivity index (χ1v) is 10.1. The maximum Gasteiger partial charge on any atom is 0.234 e. The Balaban J connectivity index is 1.59. The van der Waals surface area contributed by atoms with E-state index in [0.29, 0.717) is 11.3 Å². The number of fused-ring (bicyclic) bond motifs is 1. The zero-order valence-electron chi connectivity index (χ0n) is 15.8. The molecule has 0 spiro atoms. The maximum absolute atomic E-state index is 12.5. The number of para-hydroxylation sites is 3. The van der Waals surface area contributed by atoms with Crippen molar-refractivity contribution in [3.8, 4) is 11.8 Å². The van der Waals surface area contributed by atoms with Crippen molar-refractivity contribution < 1.29 is 4.79 Å². The molecule has 0 fully saturated rings. The number of nitrogens with one attached hydrogen (secondary N) is 1. The molecular weight excluding hydrogens is 380 g/mol. The van der Waals surface area contributed by atoms with Gasteiger partial charge in [-0.2, -0.15) is 5.26 Å². The summed E-state index contributed by atoms with van der Waals surface area (Å²) in [5, 5.41) is 12.7. The first-order valence-electron chi connectivity index (χ1n) is 9.12. The van der Waals surface area contributed by atoms with Gasteiger partial charge in [-0.1, -0.05) is 53.7 Å². The van der Waals surface area contributed by atoms with Crippen LogP contribution < -0.4 is 5.32 Å². The second-order valence-electron chi connectivity index (χ2n) is 6.55. The summed E-state index contributed by atoms with van der Waals surface area (Å²) < 4.78 is 2.07. The number of rotatable bonds is 5. The molecule has 0 bridgehead atoms. The van der Waals surface area contributed by atoms with E-state index in [-0.39, 0.29) is 11.7 Å². The lowest BCUT2D eigenvalue weighted by Gasteiger charge is -2.10. The molecule has 1 N–H and O–H groups in total. The number of aryl methyl sites for hydroxylation is 1. The number of thioether (sulfide) groups is 1. The van der Waals surface area contributed by atoms with E-state index in [0.717, 1.165) is 21.9 Å². The molecule has 5 nitrogen and oxygen atoms in total. The van der Waals surface area contributed by atoms with Gasteiger partial charge in [-0.15, -0.1) is 0 Å². The molecule has 142 valence electrons. The van der Waals surface area contributed by atoms with Crippen molar-refractivity contribution in [1.82, 2.24) is 9.55 Å². The number of nitriles is 1. The summed E-state index contributed by atoms with van der Waals surface area (Å²) in [6, 6.07) is 25.2. The highest BCUT2D eigenvalue weighted by Crippen LogP contribution is 2.28. The van der Waals surface area contributed by atoms with Crippen LogP contribution in [0, 0.1) is 18.3 Å². The fourth-order valence-corrected chi connectivity index (χ4v) is 3.88. The Kier molecular flexibility index (Phi) is 5.32. The predicted octanol–water partition coefficient (Wildman–Crippen LogP) is 4.94. The molecule has 0 saturated carbocycles. The van der Waals surface area contributed by atoms with Crippen molar-refractivity contribution in [2.75, 3.05) is 11.1 Å². The van der Waals surface area contributed by atoms with E-state index in [9.17, 15) is 10.1 Å². The molecule has 1 heterocycles. The van der Waals surface area contributed by atoms with E-state index in [4.69, 9.17) is 4.98 Å². The van der Waals surface area contributed by atoms with Crippen molar-refractivity contribution in [3.63, 3.8) is 0 Å². The van der Waals surface area contributed by atoms with Crippen LogP contribution in [0.1, 0.15) is 11.1 Å². The molecule has 4 rings (SSSR count). The number of carbonyl (C=O) groups is 1. The third kappa shape index (κ3) is 4.00. The van der Waals surface area contributed by atoms with Crippen molar-refractivity contribution in [2.24, 2.45) is 0 Å². The Bertz CT molecular complexity index is 1220. The molecule has 0 aliphatic heterocycles. The molecule has 1 aromatic heterocycles. The normalized spacial score (nSPS) is 10.6. The predicted molar refractivity (Wildman–Crippen MR) is 116 cm³/mol. The number of benzene rings is 3. The number of hydrogen-bond donors (Lipinski definition) is 1. The van der Waals surface area contributed by atoms with Gasteiger partial charge in [0.25, 0.3) is 0 Å². The van der Waals surface area contributed by atoms with E-state index < -0.39 is 0 Å². The second-order valence-corrected chi connectivity index (χ2v) is 7.49. The second kappa shape index (κ2) is 8.21. The highest BCUT2D eigenvalue weighted by atomic mass is 32.2. The van der Waals surface area contributed by atoms with Crippen LogP contribution in [0.2, 0.25) is 0 Å². The van der Waals surface area contributed by atoms with Crippen LogP contribution in [-0.2, 0) is 4.79 Å². The minimum Gasteiger partial charge on any atom is -0.324 e. The molecule has 0 radical (unpaired) electrons. The van der Waals surface area contributed by atoms with Crippen LogP contribution in [0.5, 0.6) is 0 Å². The maximum atomic E-state index is 12.5. The van der Waals surface area contributed by atoms with Gasteiger partial charge in [-0.3, -0.25) is 9.36 Å². The first kappa shape index (κ1) is 18.8. The molecule has 0 saturated heterocycles. The molecule has 0 atom stereocenters.